The molecule has 3 heterocycles. The number of amides is 2. The van der Waals surface area contributed by atoms with Crippen molar-refractivity contribution < 1.29 is 9.63 Å². The molecule has 0 bridgehead atoms. The van der Waals surface area contributed by atoms with E-state index in [1.807, 2.05) is 43.0 Å². The van der Waals surface area contributed by atoms with Gasteiger partial charge in [-0.2, -0.15) is 0 Å². The number of urea groups is 1. The monoisotopic (exact) mass is 474 g/mol. The Hall–Kier alpha value is -3.19. The minimum Gasteiger partial charge on any atom is -0.387 e. The zero-order chi connectivity index (χ0) is 23.7. The number of hydrogen-bond donors (Lipinski definition) is 1. The number of carbonyl (C=O) groups excluding carboxylic acids is 1. The number of thiazole rings is 1. The molecular weight excluding hydrogens is 444 g/mol. The molecule has 2 aromatic carbocycles. The molecule has 1 fully saturated rings. The molecule has 2 aliphatic heterocycles. The first-order valence-electron chi connectivity index (χ1n) is 11.8. The van der Waals surface area contributed by atoms with Gasteiger partial charge in [0.2, 0.25) is 0 Å². The lowest BCUT2D eigenvalue weighted by molar-refractivity contribution is 0.0853. The van der Waals surface area contributed by atoms with Gasteiger partial charge in [-0.15, -0.1) is 11.3 Å². The van der Waals surface area contributed by atoms with E-state index in [9.17, 15) is 4.79 Å². The van der Waals surface area contributed by atoms with E-state index in [0.29, 0.717) is 5.92 Å². The van der Waals surface area contributed by atoms with Crippen LogP contribution in [0.15, 0.2) is 53.0 Å². The van der Waals surface area contributed by atoms with Crippen LogP contribution in [-0.2, 0) is 4.84 Å². The van der Waals surface area contributed by atoms with Gasteiger partial charge >= 0.3 is 6.03 Å². The van der Waals surface area contributed by atoms with E-state index in [1.165, 1.54) is 11.1 Å². The fourth-order valence-corrected chi connectivity index (χ4v) is 5.65. The number of anilines is 1. The summed E-state index contributed by atoms with van der Waals surface area (Å²) < 4.78 is 0. The molecule has 0 spiro atoms. The smallest absolute Gasteiger partial charge is 0.321 e. The predicted octanol–water partition coefficient (Wildman–Crippen LogP) is 6.35. The second kappa shape index (κ2) is 9.58. The summed E-state index contributed by atoms with van der Waals surface area (Å²) in [5, 5.41) is 10.7. The number of nitrogens with zero attached hydrogens (tertiary/aromatic N) is 3. The topological polar surface area (TPSA) is 66.8 Å². The van der Waals surface area contributed by atoms with Crippen molar-refractivity contribution in [3.05, 3.63) is 80.8 Å². The molecular formula is C27H30N4O2S. The summed E-state index contributed by atoms with van der Waals surface area (Å²) in [7, 11) is 0. The summed E-state index contributed by atoms with van der Waals surface area (Å²) >= 11 is 1.69. The van der Waals surface area contributed by atoms with Crippen LogP contribution in [0.5, 0.6) is 0 Å². The molecule has 176 valence electrons. The lowest BCUT2D eigenvalue weighted by Crippen LogP contribution is -2.40. The highest BCUT2D eigenvalue weighted by molar-refractivity contribution is 7.10. The fraction of sp³-hybridized carbons (Fsp3) is 0.370. The van der Waals surface area contributed by atoms with Crippen LogP contribution in [0.2, 0.25) is 0 Å². The van der Waals surface area contributed by atoms with Crippen molar-refractivity contribution in [3.8, 4) is 0 Å². The van der Waals surface area contributed by atoms with E-state index < -0.39 is 0 Å². The molecule has 0 saturated carbocycles. The van der Waals surface area contributed by atoms with Crippen molar-refractivity contribution in [2.45, 2.75) is 52.1 Å². The fourth-order valence-electron chi connectivity index (χ4n) is 4.65. The van der Waals surface area contributed by atoms with Gasteiger partial charge in [-0.25, -0.2) is 9.78 Å². The van der Waals surface area contributed by atoms with E-state index in [-0.39, 0.29) is 12.1 Å². The molecule has 34 heavy (non-hydrogen) atoms. The summed E-state index contributed by atoms with van der Waals surface area (Å²) in [6, 6.07) is 14.4. The summed E-state index contributed by atoms with van der Waals surface area (Å²) in [4.78, 5) is 25.4. The number of hydrogen-bond acceptors (Lipinski definition) is 5. The normalized spacial score (nSPS) is 18.5. The Balaban J connectivity index is 1.17. The Morgan fingerprint density at radius 3 is 2.68 bits per heavy atom. The van der Waals surface area contributed by atoms with Crippen LogP contribution in [0.25, 0.3) is 0 Å². The Kier molecular flexibility index (Phi) is 6.37. The molecule has 0 unspecified atom stereocenters. The maximum absolute atomic E-state index is 12.8. The lowest BCUT2D eigenvalue weighted by Gasteiger charge is -2.31. The molecule has 1 aromatic heterocycles. The van der Waals surface area contributed by atoms with Crippen LogP contribution in [0.4, 0.5) is 10.5 Å². The Labute approximate surface area is 204 Å². The highest BCUT2D eigenvalue weighted by atomic mass is 32.1. The molecule has 0 radical (unpaired) electrons. The average Bonchev–Trinajstić information content (AvgIpc) is 3.52. The molecule has 3 aromatic rings. The third-order valence-corrected chi connectivity index (χ3v) is 7.80. The number of nitrogens with one attached hydrogen (secondary N) is 1. The zero-order valence-corrected chi connectivity index (χ0v) is 20.7. The molecule has 7 heteroatoms. The minimum absolute atomic E-state index is 0.0216. The van der Waals surface area contributed by atoms with Crippen molar-refractivity contribution in [1.82, 2.24) is 9.88 Å². The largest absolute Gasteiger partial charge is 0.387 e. The number of aryl methyl sites for hydroxylation is 3. The second-order valence-electron chi connectivity index (χ2n) is 9.27. The van der Waals surface area contributed by atoms with E-state index in [2.05, 4.69) is 41.0 Å². The van der Waals surface area contributed by atoms with E-state index >= 15 is 0 Å². The molecule has 0 aliphatic carbocycles. The number of piperidine rings is 1. The van der Waals surface area contributed by atoms with Gasteiger partial charge in [-0.3, -0.25) is 0 Å². The summed E-state index contributed by atoms with van der Waals surface area (Å²) in [6.07, 6.45) is 2.54. The predicted molar refractivity (Wildman–Crippen MR) is 137 cm³/mol. The molecule has 6 nitrogen and oxygen atoms in total. The Morgan fingerprint density at radius 2 is 1.88 bits per heavy atom. The molecule has 1 atom stereocenters. The first-order valence-corrected chi connectivity index (χ1v) is 12.7. The van der Waals surface area contributed by atoms with E-state index in [1.54, 1.807) is 11.3 Å². The Bertz CT molecular complexity index is 1230. The third-order valence-electron chi connectivity index (χ3n) is 6.79. The summed E-state index contributed by atoms with van der Waals surface area (Å²) in [6.45, 7) is 7.62. The van der Waals surface area contributed by atoms with Gasteiger partial charge in [-0.05, 0) is 61.9 Å². The second-order valence-corrected chi connectivity index (χ2v) is 10.2. The van der Waals surface area contributed by atoms with Crippen molar-refractivity contribution in [2.24, 2.45) is 5.16 Å². The van der Waals surface area contributed by atoms with Gasteiger partial charge in [0.15, 0.2) is 6.10 Å². The van der Waals surface area contributed by atoms with Gasteiger partial charge in [-0.1, -0.05) is 41.6 Å². The van der Waals surface area contributed by atoms with Gasteiger partial charge < -0.3 is 15.1 Å². The molecule has 1 saturated heterocycles. The van der Waals surface area contributed by atoms with Crippen LogP contribution in [0.1, 0.15) is 64.2 Å². The van der Waals surface area contributed by atoms with Crippen LogP contribution in [0, 0.1) is 20.8 Å². The summed E-state index contributed by atoms with van der Waals surface area (Å²) in [5.41, 5.74) is 7.35. The standard InChI is InChI=1S/C27H30N4O2S/c1-17-8-9-19(3)22(14-17)29-27(32)31-12-10-20(11-13-31)26-28-24(16-34-26)23-15-25(33-30-23)21-7-5-4-6-18(21)2/h4-9,14,16,20,25H,10-13,15H2,1-3H3,(H,29,32)/t25-/m1/s1. The zero-order valence-electron chi connectivity index (χ0n) is 19.9. The number of likely N-dealkylation sites (tertiary alicyclic amines) is 1. The lowest BCUT2D eigenvalue weighted by atomic mass is 9.97. The van der Waals surface area contributed by atoms with Crippen molar-refractivity contribution in [2.75, 3.05) is 18.4 Å². The van der Waals surface area contributed by atoms with Crippen LogP contribution in [0.3, 0.4) is 0 Å². The Morgan fingerprint density at radius 1 is 1.09 bits per heavy atom. The van der Waals surface area contributed by atoms with Crippen LogP contribution < -0.4 is 5.32 Å². The van der Waals surface area contributed by atoms with Crippen molar-refractivity contribution in [3.63, 3.8) is 0 Å². The quantitative estimate of drug-likeness (QED) is 0.479. The maximum atomic E-state index is 12.8. The first-order chi connectivity index (χ1) is 16.5. The highest BCUT2D eigenvalue weighted by Crippen LogP contribution is 2.34. The summed E-state index contributed by atoms with van der Waals surface area (Å²) in [5.74, 6) is 0.374. The van der Waals surface area contributed by atoms with Gasteiger partial charge in [0.1, 0.15) is 5.71 Å². The third kappa shape index (κ3) is 4.71. The van der Waals surface area contributed by atoms with Crippen LogP contribution >= 0.6 is 11.3 Å². The minimum atomic E-state index is -0.0415. The van der Waals surface area contributed by atoms with Gasteiger partial charge in [0, 0.05) is 36.5 Å². The van der Waals surface area contributed by atoms with E-state index in [0.717, 1.165) is 65.6 Å². The number of oxime groups is 1. The first kappa shape index (κ1) is 22.6. The van der Waals surface area contributed by atoms with Crippen molar-refractivity contribution >= 4 is 28.8 Å². The van der Waals surface area contributed by atoms with Gasteiger partial charge in [0.05, 0.1) is 10.7 Å². The SMILES string of the molecule is Cc1ccc(C)c(NC(=O)N2CCC(c3nc(C4=NO[C@@H](c5ccccc5C)C4)cs3)CC2)c1. The highest BCUT2D eigenvalue weighted by Gasteiger charge is 2.29. The molecule has 5 rings (SSSR count). The molecule has 2 aliphatic rings. The maximum Gasteiger partial charge on any atom is 0.321 e. The van der Waals surface area contributed by atoms with E-state index in [4.69, 9.17) is 9.82 Å². The number of carbonyl (C=O) groups is 1. The number of aromatic nitrogens is 1. The average molecular weight is 475 g/mol. The van der Waals surface area contributed by atoms with Gasteiger partial charge in [0.25, 0.3) is 0 Å². The van der Waals surface area contributed by atoms with Crippen LogP contribution in [-0.4, -0.2) is 34.7 Å². The molecule has 1 N–H and O–H groups in total. The van der Waals surface area contributed by atoms with Crippen molar-refractivity contribution in [1.29, 1.82) is 0 Å². The number of rotatable bonds is 4. The number of benzene rings is 2. The molecule has 2 amide bonds.